The van der Waals surface area contributed by atoms with Crippen molar-refractivity contribution < 1.29 is 9.18 Å². The SMILES string of the molecule is N#CC1(C(=O)Nc2c(F)cccc2Br)CCCCCC1. The van der Waals surface area contributed by atoms with Gasteiger partial charge in [-0.1, -0.05) is 31.7 Å². The lowest BCUT2D eigenvalue weighted by Crippen LogP contribution is -2.35. The number of hydrogen-bond acceptors (Lipinski definition) is 2. The van der Waals surface area contributed by atoms with Gasteiger partial charge in [0.1, 0.15) is 11.2 Å². The number of anilines is 1. The predicted molar refractivity (Wildman–Crippen MR) is 78.5 cm³/mol. The van der Waals surface area contributed by atoms with Crippen molar-refractivity contribution in [1.82, 2.24) is 0 Å². The van der Waals surface area contributed by atoms with Gasteiger partial charge in [0.05, 0.1) is 11.8 Å². The standard InChI is InChI=1S/C15H16BrFN2O/c16-11-6-5-7-12(17)13(11)19-14(20)15(10-18)8-3-1-2-4-9-15/h5-7H,1-4,8-9H2,(H,19,20). The van der Waals surface area contributed by atoms with E-state index in [9.17, 15) is 14.4 Å². The lowest BCUT2D eigenvalue weighted by atomic mass is 9.81. The molecule has 1 fully saturated rings. The Hall–Kier alpha value is -1.41. The Morgan fingerprint density at radius 1 is 1.30 bits per heavy atom. The average molecular weight is 339 g/mol. The van der Waals surface area contributed by atoms with Crippen molar-refractivity contribution in [3.05, 3.63) is 28.5 Å². The number of carbonyl (C=O) groups excluding carboxylic acids is 1. The van der Waals surface area contributed by atoms with E-state index in [0.29, 0.717) is 17.3 Å². The zero-order chi connectivity index (χ0) is 14.6. The number of benzene rings is 1. The summed E-state index contributed by atoms with van der Waals surface area (Å²) in [5.41, 5.74) is -0.922. The molecule has 1 N–H and O–H groups in total. The second-order valence-electron chi connectivity index (χ2n) is 5.16. The topological polar surface area (TPSA) is 52.9 Å². The van der Waals surface area contributed by atoms with Crippen LogP contribution in [-0.2, 0) is 4.79 Å². The minimum atomic E-state index is -1.03. The summed E-state index contributed by atoms with van der Waals surface area (Å²) in [5, 5.41) is 12.0. The van der Waals surface area contributed by atoms with E-state index in [1.165, 1.54) is 6.07 Å². The first-order valence-corrected chi connectivity index (χ1v) is 7.55. The van der Waals surface area contributed by atoms with Crippen molar-refractivity contribution >= 4 is 27.5 Å². The maximum absolute atomic E-state index is 13.8. The largest absolute Gasteiger partial charge is 0.321 e. The van der Waals surface area contributed by atoms with Crippen LogP contribution in [0.4, 0.5) is 10.1 Å². The van der Waals surface area contributed by atoms with E-state index in [1.54, 1.807) is 12.1 Å². The zero-order valence-corrected chi connectivity index (χ0v) is 12.7. The van der Waals surface area contributed by atoms with Gasteiger partial charge in [-0.15, -0.1) is 0 Å². The third kappa shape index (κ3) is 3.01. The molecule has 106 valence electrons. The van der Waals surface area contributed by atoms with Crippen LogP contribution in [0.1, 0.15) is 38.5 Å². The monoisotopic (exact) mass is 338 g/mol. The van der Waals surface area contributed by atoms with Crippen molar-refractivity contribution in [1.29, 1.82) is 5.26 Å². The van der Waals surface area contributed by atoms with Crippen LogP contribution in [0.15, 0.2) is 22.7 Å². The highest BCUT2D eigenvalue weighted by molar-refractivity contribution is 9.10. The quantitative estimate of drug-likeness (QED) is 0.813. The van der Waals surface area contributed by atoms with Crippen molar-refractivity contribution in [2.45, 2.75) is 38.5 Å². The Kier molecular flexibility index (Phi) is 4.77. The summed E-state index contributed by atoms with van der Waals surface area (Å²) >= 11 is 3.22. The highest BCUT2D eigenvalue weighted by Gasteiger charge is 2.39. The molecule has 0 spiro atoms. The van der Waals surface area contributed by atoms with Gasteiger partial charge in [0.15, 0.2) is 0 Å². The molecule has 0 atom stereocenters. The lowest BCUT2D eigenvalue weighted by Gasteiger charge is -2.24. The summed E-state index contributed by atoms with van der Waals surface area (Å²) in [6, 6.07) is 6.66. The van der Waals surface area contributed by atoms with Gasteiger partial charge in [0.2, 0.25) is 5.91 Å². The molecule has 0 radical (unpaired) electrons. The molecule has 2 rings (SSSR count). The molecule has 0 aliphatic heterocycles. The van der Waals surface area contributed by atoms with E-state index in [4.69, 9.17) is 0 Å². The Labute approximate surface area is 126 Å². The highest BCUT2D eigenvalue weighted by atomic mass is 79.9. The second kappa shape index (κ2) is 6.36. The Bertz CT molecular complexity index is 525. The molecule has 5 heteroatoms. The molecule has 0 unspecified atom stereocenters. The summed E-state index contributed by atoms with van der Waals surface area (Å²) in [5.74, 6) is -0.901. The number of nitrogens with one attached hydrogen (secondary N) is 1. The summed E-state index contributed by atoms with van der Waals surface area (Å²) in [7, 11) is 0. The normalized spacial score (nSPS) is 17.9. The number of hydrogen-bond donors (Lipinski definition) is 1. The summed E-state index contributed by atoms with van der Waals surface area (Å²) in [6.07, 6.45) is 4.89. The third-order valence-electron chi connectivity index (χ3n) is 3.81. The maximum Gasteiger partial charge on any atom is 0.244 e. The fourth-order valence-corrected chi connectivity index (χ4v) is 3.01. The number of amides is 1. The van der Waals surface area contributed by atoms with Crippen LogP contribution in [0.5, 0.6) is 0 Å². The van der Waals surface area contributed by atoms with Gasteiger partial charge in [0.25, 0.3) is 0 Å². The third-order valence-corrected chi connectivity index (χ3v) is 4.47. The average Bonchev–Trinajstić information content (AvgIpc) is 2.69. The number of para-hydroxylation sites is 1. The van der Waals surface area contributed by atoms with Crippen LogP contribution in [0.2, 0.25) is 0 Å². The number of nitriles is 1. The number of nitrogens with zero attached hydrogens (tertiary/aromatic N) is 1. The zero-order valence-electron chi connectivity index (χ0n) is 11.1. The van der Waals surface area contributed by atoms with Crippen LogP contribution in [0.3, 0.4) is 0 Å². The molecule has 1 amide bonds. The van der Waals surface area contributed by atoms with Crippen LogP contribution in [0.25, 0.3) is 0 Å². The smallest absolute Gasteiger partial charge is 0.244 e. The molecule has 1 saturated carbocycles. The maximum atomic E-state index is 13.8. The minimum absolute atomic E-state index is 0.108. The Balaban J connectivity index is 2.24. The molecular weight excluding hydrogens is 323 g/mol. The van der Waals surface area contributed by atoms with Crippen LogP contribution in [0, 0.1) is 22.6 Å². The predicted octanol–water partition coefficient (Wildman–Crippen LogP) is 4.39. The van der Waals surface area contributed by atoms with Crippen LogP contribution in [-0.4, -0.2) is 5.91 Å². The number of halogens is 2. The van der Waals surface area contributed by atoms with Crippen molar-refractivity contribution in [2.24, 2.45) is 5.41 Å². The van der Waals surface area contributed by atoms with Gasteiger partial charge >= 0.3 is 0 Å². The first-order chi connectivity index (χ1) is 9.59. The summed E-state index contributed by atoms with van der Waals surface area (Å²) in [4.78, 5) is 12.5. The molecule has 1 aliphatic rings. The van der Waals surface area contributed by atoms with Crippen molar-refractivity contribution in [3.8, 4) is 6.07 Å². The van der Waals surface area contributed by atoms with E-state index < -0.39 is 17.1 Å². The molecule has 1 aromatic carbocycles. The molecule has 0 saturated heterocycles. The first-order valence-electron chi connectivity index (χ1n) is 6.76. The van der Waals surface area contributed by atoms with Gasteiger partial charge < -0.3 is 5.32 Å². The number of carbonyl (C=O) groups is 1. The fraction of sp³-hybridized carbons (Fsp3) is 0.467. The van der Waals surface area contributed by atoms with Gasteiger partial charge in [-0.05, 0) is 40.9 Å². The van der Waals surface area contributed by atoms with E-state index >= 15 is 0 Å². The minimum Gasteiger partial charge on any atom is -0.321 e. The van der Waals surface area contributed by atoms with Gasteiger partial charge in [-0.25, -0.2) is 4.39 Å². The van der Waals surface area contributed by atoms with E-state index in [-0.39, 0.29) is 5.69 Å². The van der Waals surface area contributed by atoms with E-state index in [2.05, 4.69) is 27.3 Å². The first kappa shape index (κ1) is 15.0. The summed E-state index contributed by atoms with van der Waals surface area (Å²) < 4.78 is 14.2. The molecular formula is C15H16BrFN2O. The number of rotatable bonds is 2. The lowest BCUT2D eigenvalue weighted by molar-refractivity contribution is -0.123. The van der Waals surface area contributed by atoms with Gasteiger partial charge in [-0.3, -0.25) is 4.79 Å². The fourth-order valence-electron chi connectivity index (χ4n) is 2.57. The molecule has 0 bridgehead atoms. The van der Waals surface area contributed by atoms with Crippen LogP contribution < -0.4 is 5.32 Å². The molecule has 1 aliphatic carbocycles. The molecule has 1 aromatic rings. The van der Waals surface area contributed by atoms with E-state index in [0.717, 1.165) is 25.7 Å². The molecule has 20 heavy (non-hydrogen) atoms. The highest BCUT2D eigenvalue weighted by Crippen LogP contribution is 2.36. The Morgan fingerprint density at radius 3 is 2.50 bits per heavy atom. The molecule has 0 heterocycles. The van der Waals surface area contributed by atoms with Crippen molar-refractivity contribution in [2.75, 3.05) is 5.32 Å². The second-order valence-corrected chi connectivity index (χ2v) is 6.01. The van der Waals surface area contributed by atoms with E-state index in [1.807, 2.05) is 0 Å². The van der Waals surface area contributed by atoms with Crippen molar-refractivity contribution in [3.63, 3.8) is 0 Å². The van der Waals surface area contributed by atoms with Gasteiger partial charge in [-0.2, -0.15) is 5.26 Å². The van der Waals surface area contributed by atoms with Crippen LogP contribution >= 0.6 is 15.9 Å². The summed E-state index contributed by atoms with van der Waals surface area (Å²) in [6.45, 7) is 0. The van der Waals surface area contributed by atoms with Gasteiger partial charge in [0, 0.05) is 4.47 Å². The molecule has 0 aromatic heterocycles. The Morgan fingerprint density at radius 2 is 1.95 bits per heavy atom. The molecule has 3 nitrogen and oxygen atoms in total.